The third-order valence-corrected chi connectivity index (χ3v) is 6.89. The lowest BCUT2D eigenvalue weighted by molar-refractivity contribution is -0.134. The van der Waals surface area contributed by atoms with E-state index < -0.39 is 11.5 Å². The van der Waals surface area contributed by atoms with Crippen molar-refractivity contribution in [3.63, 3.8) is 0 Å². The van der Waals surface area contributed by atoms with Crippen LogP contribution in [0.3, 0.4) is 0 Å². The van der Waals surface area contributed by atoms with Gasteiger partial charge >= 0.3 is 0 Å². The average molecular weight is 383 g/mol. The fourth-order valence-electron chi connectivity index (χ4n) is 4.67. The van der Waals surface area contributed by atoms with Gasteiger partial charge in [0.2, 0.25) is 11.8 Å². The van der Waals surface area contributed by atoms with Gasteiger partial charge in [0.15, 0.2) is 0 Å². The maximum atomic E-state index is 13.2. The number of anilines is 2. The van der Waals surface area contributed by atoms with Crippen molar-refractivity contribution in [1.82, 2.24) is 4.90 Å². The van der Waals surface area contributed by atoms with E-state index in [1.54, 1.807) is 11.8 Å². The van der Waals surface area contributed by atoms with E-state index in [9.17, 15) is 14.0 Å². The summed E-state index contributed by atoms with van der Waals surface area (Å²) in [6.07, 6.45) is 0.627. The van der Waals surface area contributed by atoms with Crippen LogP contribution in [0.2, 0.25) is 0 Å². The summed E-state index contributed by atoms with van der Waals surface area (Å²) in [6.45, 7) is 0. The van der Waals surface area contributed by atoms with Gasteiger partial charge in [-0.1, -0.05) is 18.2 Å². The van der Waals surface area contributed by atoms with Crippen LogP contribution in [0.5, 0.6) is 0 Å². The van der Waals surface area contributed by atoms with E-state index in [-0.39, 0.29) is 23.7 Å². The van der Waals surface area contributed by atoms with Gasteiger partial charge in [-0.25, -0.2) is 4.39 Å². The Bertz CT molecular complexity index is 935. The van der Waals surface area contributed by atoms with E-state index in [4.69, 9.17) is 0 Å². The van der Waals surface area contributed by atoms with Crippen LogP contribution < -0.4 is 10.6 Å². The molecule has 0 aliphatic carbocycles. The number of halogens is 1. The zero-order valence-electron chi connectivity index (χ0n) is 14.4. The van der Waals surface area contributed by atoms with Gasteiger partial charge < -0.3 is 10.6 Å². The summed E-state index contributed by atoms with van der Waals surface area (Å²) in [6, 6.07) is 13.5. The minimum atomic E-state index is -0.977. The Labute approximate surface area is 160 Å². The molecule has 0 saturated carbocycles. The van der Waals surface area contributed by atoms with Gasteiger partial charge in [0.1, 0.15) is 11.4 Å². The Morgan fingerprint density at radius 1 is 1.22 bits per heavy atom. The first kappa shape index (κ1) is 16.8. The summed E-state index contributed by atoms with van der Waals surface area (Å²) >= 11 is 1.80. The van der Waals surface area contributed by atoms with Crippen LogP contribution in [0.1, 0.15) is 12.0 Å². The van der Waals surface area contributed by atoms with Crippen molar-refractivity contribution >= 4 is 35.0 Å². The Balaban J connectivity index is 1.56. The van der Waals surface area contributed by atoms with Crippen LogP contribution in [0.4, 0.5) is 15.8 Å². The summed E-state index contributed by atoms with van der Waals surface area (Å²) < 4.78 is 13.2. The number of fused-ring (bicyclic) bond motifs is 4. The molecule has 1 spiro atoms. The highest BCUT2D eigenvalue weighted by molar-refractivity contribution is 7.99. The highest BCUT2D eigenvalue weighted by atomic mass is 32.2. The molecule has 2 saturated heterocycles. The fraction of sp³-hybridized carbons (Fsp3) is 0.300. The molecule has 0 bridgehead atoms. The number of nitrogens with one attached hydrogen (secondary N) is 2. The highest BCUT2D eigenvalue weighted by Crippen LogP contribution is 2.55. The molecular weight excluding hydrogens is 365 g/mol. The smallest absolute Gasteiger partial charge is 0.250 e. The molecular formula is C20H18FN3O2S. The van der Waals surface area contributed by atoms with Crippen LogP contribution in [0, 0.1) is 11.7 Å². The number of benzene rings is 2. The molecule has 2 fully saturated rings. The third kappa shape index (κ3) is 2.34. The average Bonchev–Trinajstić information content (AvgIpc) is 3.32. The van der Waals surface area contributed by atoms with Crippen LogP contribution in [0.25, 0.3) is 0 Å². The normalized spacial score (nSPS) is 28.9. The number of rotatable bonds is 2. The maximum Gasteiger partial charge on any atom is 0.250 e. The standard InChI is InChI=1S/C20H18FN3O2S/c21-12-5-7-13(8-6-12)22-18(25)16-9-14-10-27-11-24(14)20(16)15-3-1-2-4-17(15)23-19(20)26/h1-8,14,16H,9-11H2,(H,22,25)(H,23,26). The van der Waals surface area contributed by atoms with Crippen molar-refractivity contribution in [2.24, 2.45) is 5.92 Å². The van der Waals surface area contributed by atoms with Gasteiger partial charge in [0.05, 0.1) is 5.92 Å². The number of thioether (sulfide) groups is 1. The second kappa shape index (κ2) is 6.07. The molecule has 5 rings (SSSR count). The van der Waals surface area contributed by atoms with Crippen LogP contribution in [-0.2, 0) is 15.1 Å². The van der Waals surface area contributed by atoms with Crippen LogP contribution >= 0.6 is 11.8 Å². The van der Waals surface area contributed by atoms with E-state index in [0.29, 0.717) is 12.1 Å². The monoisotopic (exact) mass is 383 g/mol. The Kier molecular flexibility index (Phi) is 3.77. The number of carbonyl (C=O) groups is 2. The first-order chi connectivity index (χ1) is 13.1. The predicted molar refractivity (Wildman–Crippen MR) is 103 cm³/mol. The van der Waals surface area contributed by atoms with Crippen molar-refractivity contribution in [3.8, 4) is 0 Å². The first-order valence-electron chi connectivity index (χ1n) is 8.92. The minimum absolute atomic E-state index is 0.132. The van der Waals surface area contributed by atoms with Gasteiger partial charge in [-0.05, 0) is 36.8 Å². The molecule has 0 aromatic heterocycles. The number of para-hydroxylation sites is 1. The van der Waals surface area contributed by atoms with E-state index in [1.807, 2.05) is 24.3 Å². The molecule has 3 unspecified atom stereocenters. The number of carbonyl (C=O) groups excluding carboxylic acids is 2. The molecule has 3 aliphatic heterocycles. The van der Waals surface area contributed by atoms with Gasteiger partial charge in [-0.15, -0.1) is 11.8 Å². The summed E-state index contributed by atoms with van der Waals surface area (Å²) in [4.78, 5) is 28.6. The van der Waals surface area contributed by atoms with Crippen molar-refractivity contribution < 1.29 is 14.0 Å². The molecule has 3 atom stereocenters. The molecule has 7 heteroatoms. The maximum absolute atomic E-state index is 13.2. The number of nitrogens with zero attached hydrogens (tertiary/aromatic N) is 1. The second-order valence-corrected chi connectivity index (χ2v) is 8.17. The molecule has 2 aromatic carbocycles. The number of hydrogen-bond donors (Lipinski definition) is 2. The van der Waals surface area contributed by atoms with Crippen molar-refractivity contribution in [2.45, 2.75) is 18.0 Å². The molecule has 138 valence electrons. The lowest BCUT2D eigenvalue weighted by atomic mass is 9.79. The lowest BCUT2D eigenvalue weighted by Gasteiger charge is -2.36. The predicted octanol–water partition coefficient (Wildman–Crippen LogP) is 3.01. The summed E-state index contributed by atoms with van der Waals surface area (Å²) in [5.74, 6) is 0.453. The zero-order chi connectivity index (χ0) is 18.6. The molecule has 3 aliphatic rings. The molecule has 2 amide bonds. The molecule has 2 N–H and O–H groups in total. The van der Waals surface area contributed by atoms with Gasteiger partial charge in [0, 0.05) is 34.6 Å². The first-order valence-corrected chi connectivity index (χ1v) is 10.1. The highest BCUT2D eigenvalue weighted by Gasteiger charge is 2.65. The van der Waals surface area contributed by atoms with Crippen LogP contribution in [-0.4, -0.2) is 34.4 Å². The SMILES string of the molecule is O=C(Nc1ccc(F)cc1)C1CC2CSCN2C12C(=O)Nc1ccccc12. The van der Waals surface area contributed by atoms with Crippen molar-refractivity contribution in [3.05, 3.63) is 59.9 Å². The second-order valence-electron chi connectivity index (χ2n) is 7.17. The summed E-state index contributed by atoms with van der Waals surface area (Å²) in [5, 5.41) is 5.86. The summed E-state index contributed by atoms with van der Waals surface area (Å²) in [7, 11) is 0. The Morgan fingerprint density at radius 3 is 2.81 bits per heavy atom. The molecule has 5 nitrogen and oxygen atoms in total. The Hall–Kier alpha value is -2.38. The van der Waals surface area contributed by atoms with E-state index >= 15 is 0 Å². The number of amides is 2. The van der Waals surface area contributed by atoms with Gasteiger partial charge in [0.25, 0.3) is 0 Å². The largest absolute Gasteiger partial charge is 0.326 e. The van der Waals surface area contributed by atoms with Gasteiger partial charge in [-0.3, -0.25) is 14.5 Å². The summed E-state index contributed by atoms with van der Waals surface area (Å²) in [5.41, 5.74) is 1.21. The number of hydrogen-bond acceptors (Lipinski definition) is 4. The van der Waals surface area contributed by atoms with E-state index in [1.165, 1.54) is 24.3 Å². The third-order valence-electron chi connectivity index (χ3n) is 5.81. The topological polar surface area (TPSA) is 61.4 Å². The van der Waals surface area contributed by atoms with Gasteiger partial charge in [-0.2, -0.15) is 0 Å². The Morgan fingerprint density at radius 2 is 2.00 bits per heavy atom. The zero-order valence-corrected chi connectivity index (χ0v) is 15.3. The quantitative estimate of drug-likeness (QED) is 0.837. The fourth-order valence-corrected chi connectivity index (χ4v) is 5.97. The van der Waals surface area contributed by atoms with Crippen LogP contribution in [0.15, 0.2) is 48.5 Å². The molecule has 3 heterocycles. The van der Waals surface area contributed by atoms with E-state index in [0.717, 1.165) is 22.9 Å². The minimum Gasteiger partial charge on any atom is -0.326 e. The lowest BCUT2D eigenvalue weighted by Crippen LogP contribution is -2.53. The molecule has 0 radical (unpaired) electrons. The van der Waals surface area contributed by atoms with Crippen molar-refractivity contribution in [2.75, 3.05) is 22.3 Å². The molecule has 27 heavy (non-hydrogen) atoms. The van der Waals surface area contributed by atoms with E-state index in [2.05, 4.69) is 15.5 Å². The van der Waals surface area contributed by atoms with Crippen molar-refractivity contribution in [1.29, 1.82) is 0 Å². The molecule has 2 aromatic rings.